The van der Waals surface area contributed by atoms with Gasteiger partial charge in [-0.2, -0.15) is 0 Å². The van der Waals surface area contributed by atoms with Crippen molar-refractivity contribution in [3.05, 3.63) is 35.5 Å². The molecular weight excluding hydrogens is 419 g/mol. The number of urea groups is 1. The molecule has 2 heterocycles. The van der Waals surface area contributed by atoms with E-state index in [0.717, 1.165) is 31.6 Å². The van der Waals surface area contributed by atoms with Gasteiger partial charge < -0.3 is 19.6 Å². The fourth-order valence-corrected chi connectivity index (χ4v) is 5.02. The molecule has 4 N–H and O–H groups in total. The minimum atomic E-state index is -4.64. The highest BCUT2D eigenvalue weighted by Gasteiger charge is 2.37. The third kappa shape index (κ3) is 5.30. The standard InChI is InChI=1S/C21H30N4O.H3O4P/c1-4-23(5-2)21(26)22-25-14-15-13-19-16(10-8-12-24(19)6-3)17-9-7-11-18(25)20(15)17;1-5(2,3)4/h7,9,11,14,16,19H,4-6,8,10,12-13H2,1-3H3,(H,22,26);(H3,1,2,3,4)/t16?,19-;/m1./s1. The summed E-state index contributed by atoms with van der Waals surface area (Å²) in [6, 6.07) is 7.15. The monoisotopic (exact) mass is 452 g/mol. The topological polar surface area (TPSA) is 118 Å². The number of benzene rings is 1. The number of piperidine rings is 1. The van der Waals surface area contributed by atoms with Gasteiger partial charge in [0.15, 0.2) is 0 Å². The maximum absolute atomic E-state index is 12.6. The second kappa shape index (κ2) is 9.71. The van der Waals surface area contributed by atoms with Gasteiger partial charge in [-0.15, -0.1) is 0 Å². The van der Waals surface area contributed by atoms with Crippen LogP contribution in [-0.2, 0) is 11.0 Å². The smallest absolute Gasteiger partial charge is 0.324 e. The first kappa shape index (κ1) is 23.8. The number of hydrogen-bond donors (Lipinski definition) is 4. The molecule has 0 saturated carbocycles. The van der Waals surface area contributed by atoms with Gasteiger partial charge in [-0.3, -0.25) is 9.58 Å². The van der Waals surface area contributed by atoms with E-state index in [9.17, 15) is 4.79 Å². The second-order valence-electron chi connectivity index (χ2n) is 8.02. The number of amides is 2. The molecule has 2 atom stereocenters. The van der Waals surface area contributed by atoms with Crippen LogP contribution in [-0.4, -0.2) is 67.4 Å². The summed E-state index contributed by atoms with van der Waals surface area (Å²) in [5.74, 6) is 0.620. The van der Waals surface area contributed by atoms with Crippen LogP contribution < -0.4 is 5.43 Å². The maximum Gasteiger partial charge on any atom is 0.466 e. The molecule has 2 aliphatic rings. The molecule has 172 valence electrons. The zero-order valence-corrected chi connectivity index (χ0v) is 19.3. The van der Waals surface area contributed by atoms with E-state index in [-0.39, 0.29) is 6.03 Å². The Bertz CT molecular complexity index is 960. The number of carbonyl (C=O) groups excluding carboxylic acids is 1. The van der Waals surface area contributed by atoms with Crippen LogP contribution in [0, 0.1) is 0 Å². The van der Waals surface area contributed by atoms with Crippen LogP contribution in [0.1, 0.15) is 50.7 Å². The van der Waals surface area contributed by atoms with Crippen molar-refractivity contribution in [2.24, 2.45) is 0 Å². The van der Waals surface area contributed by atoms with Gasteiger partial charge >= 0.3 is 13.9 Å². The lowest BCUT2D eigenvalue weighted by molar-refractivity contribution is 0.131. The Balaban J connectivity index is 0.000000491. The molecular formula is C21H33N4O5P. The Morgan fingerprint density at radius 3 is 2.52 bits per heavy atom. The van der Waals surface area contributed by atoms with Gasteiger partial charge in [-0.1, -0.05) is 19.1 Å². The molecule has 1 aromatic carbocycles. The summed E-state index contributed by atoms with van der Waals surface area (Å²) >= 11 is 0. The Morgan fingerprint density at radius 2 is 1.90 bits per heavy atom. The highest BCUT2D eigenvalue weighted by atomic mass is 31.2. The van der Waals surface area contributed by atoms with Crippen LogP contribution in [0.4, 0.5) is 4.79 Å². The number of likely N-dealkylation sites (N-methyl/N-ethyl adjacent to an activating group) is 1. The molecule has 10 heteroatoms. The largest absolute Gasteiger partial charge is 0.466 e. The first-order chi connectivity index (χ1) is 14.7. The van der Waals surface area contributed by atoms with Crippen molar-refractivity contribution in [3.8, 4) is 0 Å². The van der Waals surface area contributed by atoms with Crippen molar-refractivity contribution < 1.29 is 24.0 Å². The SMILES string of the molecule is CCN(CC)C(=O)Nn1cc2c3c(cccc31)C1CCCN(CC)[C@@H]1C2.O=P(O)(O)O. The first-order valence-corrected chi connectivity index (χ1v) is 12.5. The number of carbonyl (C=O) groups is 1. The Morgan fingerprint density at radius 1 is 1.23 bits per heavy atom. The molecule has 2 amide bonds. The van der Waals surface area contributed by atoms with Crippen molar-refractivity contribution in [1.29, 1.82) is 0 Å². The minimum absolute atomic E-state index is 0.0318. The summed E-state index contributed by atoms with van der Waals surface area (Å²) in [6.45, 7) is 10.1. The summed E-state index contributed by atoms with van der Waals surface area (Å²) in [7, 11) is -4.64. The number of aromatic nitrogens is 1. The molecule has 1 fully saturated rings. The van der Waals surface area contributed by atoms with Crippen LogP contribution in [0.25, 0.3) is 10.9 Å². The second-order valence-corrected chi connectivity index (χ2v) is 9.04. The van der Waals surface area contributed by atoms with Crippen LogP contribution in [0.15, 0.2) is 24.4 Å². The molecule has 1 unspecified atom stereocenters. The molecule has 0 spiro atoms. The van der Waals surface area contributed by atoms with Gasteiger partial charge in [0.2, 0.25) is 0 Å². The minimum Gasteiger partial charge on any atom is -0.324 e. The molecule has 2 aromatic rings. The number of hydrogen-bond acceptors (Lipinski definition) is 3. The van der Waals surface area contributed by atoms with Gasteiger partial charge in [-0.05, 0) is 63.4 Å². The van der Waals surface area contributed by atoms with Crippen molar-refractivity contribution >= 4 is 24.8 Å². The molecule has 1 aromatic heterocycles. The van der Waals surface area contributed by atoms with E-state index >= 15 is 0 Å². The third-order valence-corrected chi connectivity index (χ3v) is 6.34. The highest BCUT2D eigenvalue weighted by molar-refractivity contribution is 7.45. The Labute approximate surface area is 182 Å². The fraction of sp³-hybridized carbons (Fsp3) is 0.571. The third-order valence-electron chi connectivity index (χ3n) is 6.34. The van der Waals surface area contributed by atoms with Gasteiger partial charge in [0.25, 0.3) is 0 Å². The Hall–Kier alpha value is -1.90. The van der Waals surface area contributed by atoms with E-state index in [1.54, 1.807) is 0 Å². The maximum atomic E-state index is 12.6. The summed E-state index contributed by atoms with van der Waals surface area (Å²) in [6.07, 6.45) is 5.78. The predicted molar refractivity (Wildman–Crippen MR) is 121 cm³/mol. The van der Waals surface area contributed by atoms with E-state index in [2.05, 4.69) is 41.6 Å². The molecule has 31 heavy (non-hydrogen) atoms. The lowest BCUT2D eigenvalue weighted by Crippen LogP contribution is -2.46. The average molecular weight is 452 g/mol. The van der Waals surface area contributed by atoms with Crippen LogP contribution in [0.5, 0.6) is 0 Å². The molecule has 1 saturated heterocycles. The van der Waals surface area contributed by atoms with E-state index < -0.39 is 7.82 Å². The highest BCUT2D eigenvalue weighted by Crippen LogP contribution is 2.43. The number of phosphoric acid groups is 1. The van der Waals surface area contributed by atoms with Crippen molar-refractivity contribution in [1.82, 2.24) is 14.5 Å². The van der Waals surface area contributed by atoms with Crippen molar-refractivity contribution in [3.63, 3.8) is 0 Å². The van der Waals surface area contributed by atoms with Gasteiger partial charge in [0, 0.05) is 36.6 Å². The summed E-state index contributed by atoms with van der Waals surface area (Å²) in [5, 5.41) is 1.37. The normalized spacial score (nSPS) is 20.6. The number of fused-ring (bicyclic) bond motifs is 2. The van der Waals surface area contributed by atoms with Crippen molar-refractivity contribution in [2.75, 3.05) is 31.6 Å². The van der Waals surface area contributed by atoms with Gasteiger partial charge in [0.05, 0.1) is 5.52 Å². The lowest BCUT2D eigenvalue weighted by Gasteiger charge is -2.43. The average Bonchev–Trinajstić information content (AvgIpc) is 3.06. The van der Waals surface area contributed by atoms with E-state index in [4.69, 9.17) is 19.2 Å². The zero-order valence-electron chi connectivity index (χ0n) is 18.4. The lowest BCUT2D eigenvalue weighted by atomic mass is 9.75. The van der Waals surface area contributed by atoms with Crippen LogP contribution in [0.2, 0.25) is 0 Å². The quantitative estimate of drug-likeness (QED) is 0.530. The van der Waals surface area contributed by atoms with Crippen LogP contribution >= 0.6 is 7.82 Å². The fourth-order valence-electron chi connectivity index (χ4n) is 5.02. The number of nitrogens with one attached hydrogen (secondary N) is 1. The molecule has 1 aliphatic carbocycles. The van der Waals surface area contributed by atoms with E-state index in [0.29, 0.717) is 12.0 Å². The summed E-state index contributed by atoms with van der Waals surface area (Å²) < 4.78 is 10.8. The number of rotatable bonds is 4. The summed E-state index contributed by atoms with van der Waals surface area (Å²) in [4.78, 5) is 38.6. The molecule has 0 bridgehead atoms. The van der Waals surface area contributed by atoms with E-state index in [1.165, 1.54) is 35.9 Å². The number of nitrogens with zero attached hydrogens (tertiary/aromatic N) is 3. The number of likely N-dealkylation sites (tertiary alicyclic amines) is 1. The molecule has 9 nitrogen and oxygen atoms in total. The van der Waals surface area contributed by atoms with Crippen molar-refractivity contribution in [2.45, 2.75) is 52.0 Å². The zero-order chi connectivity index (χ0) is 22.8. The predicted octanol–water partition coefficient (Wildman–Crippen LogP) is 2.84. The Kier molecular flexibility index (Phi) is 7.44. The molecule has 0 radical (unpaired) electrons. The summed E-state index contributed by atoms with van der Waals surface area (Å²) in [5.41, 5.74) is 7.07. The van der Waals surface area contributed by atoms with E-state index in [1.807, 2.05) is 23.4 Å². The molecule has 4 rings (SSSR count). The van der Waals surface area contributed by atoms with Crippen LogP contribution in [0.3, 0.4) is 0 Å². The first-order valence-electron chi connectivity index (χ1n) is 10.9. The van der Waals surface area contributed by atoms with Gasteiger partial charge in [-0.25, -0.2) is 14.8 Å². The molecule has 1 aliphatic heterocycles. The van der Waals surface area contributed by atoms with Gasteiger partial charge in [0.1, 0.15) is 0 Å².